The molecule has 0 bridgehead atoms. The maximum absolute atomic E-state index is 11.7. The molecule has 0 atom stereocenters. The van der Waals surface area contributed by atoms with Crippen LogP contribution in [0.5, 0.6) is 0 Å². The van der Waals surface area contributed by atoms with E-state index in [1.54, 1.807) is 24.3 Å². The van der Waals surface area contributed by atoms with E-state index in [0.717, 1.165) is 5.92 Å². The molecule has 146 valence electrons. The Bertz CT molecular complexity index is 570. The molecule has 2 aliphatic rings. The number of nitrogens with zero attached hydrogens (tertiary/aromatic N) is 2. The molecule has 0 aromatic heterocycles. The first kappa shape index (κ1) is 28.0. The van der Waals surface area contributed by atoms with Gasteiger partial charge >= 0.3 is 51.6 Å². The molecule has 2 aliphatic carbocycles. The molecule has 28 heavy (non-hydrogen) atoms. The monoisotopic (exact) mass is 544 g/mol. The van der Waals surface area contributed by atoms with Crippen molar-refractivity contribution in [1.82, 2.24) is 0 Å². The van der Waals surface area contributed by atoms with Gasteiger partial charge in [0.05, 0.1) is 0 Å². The minimum Gasteiger partial charge on any atom is -0.0312 e. The van der Waals surface area contributed by atoms with Crippen LogP contribution >= 0.6 is 11.6 Å². The molecule has 3 nitrogen and oxygen atoms in total. The Morgan fingerprint density at radius 2 is 1.25 bits per heavy atom. The van der Waals surface area contributed by atoms with Gasteiger partial charge in [0.25, 0.3) is 0 Å². The number of benzene rings is 1. The molecule has 0 N–H and O–H groups in total. The molecule has 3 rings (SSSR count). The summed E-state index contributed by atoms with van der Waals surface area (Å²) in [6.45, 7) is 1.81. The van der Waals surface area contributed by atoms with Gasteiger partial charge in [0, 0.05) is 22.5 Å². The number of hydrogen-bond donors (Lipinski definition) is 0. The third-order valence-electron chi connectivity index (χ3n) is 3.02. The summed E-state index contributed by atoms with van der Waals surface area (Å²) in [5.74, 6) is 0.584. The molecule has 0 heterocycles. The molecule has 10 radical (unpaired) electrons. The molecule has 2 saturated carbocycles. The average molecular weight is 543 g/mol. The van der Waals surface area contributed by atoms with Crippen molar-refractivity contribution in [2.24, 2.45) is 10.2 Å². The smallest absolute Gasteiger partial charge is 0.0312 e. The third-order valence-corrected chi connectivity index (χ3v) is 3.27. The molecule has 0 aliphatic heterocycles. The van der Waals surface area contributed by atoms with E-state index >= 15 is 0 Å². The maximum Gasteiger partial charge on any atom is 2.00 e. The van der Waals surface area contributed by atoms with E-state index in [1.807, 2.05) is 64.7 Å². The van der Waals surface area contributed by atoms with Crippen molar-refractivity contribution < 1.29 is 22.2 Å². The van der Waals surface area contributed by atoms with Crippen LogP contribution in [-0.2, 0) is 17.1 Å². The van der Waals surface area contributed by atoms with Gasteiger partial charge in [0.15, 0.2) is 0 Å². The van der Waals surface area contributed by atoms with Crippen LogP contribution in [0.15, 0.2) is 34.5 Å². The van der Waals surface area contributed by atoms with E-state index in [-0.39, 0.29) is 23.0 Å². The minimum atomic E-state index is -0.543. The standard InChI is InChI=1S/C14H12ClN2O.C5H5.3CH3.Fe.Sn/c1-10(11-4-2-3-5-11)16-17-14(18)12-6-8-13(15)9-7-12;1-2-4-5-3-1;;;;;/h2-9H,1H3,(H,17,18);1-5H;3*1H3;;/q;;;;;+2;+1/p-1/b16-10-;;;;;;. The van der Waals surface area contributed by atoms with Crippen molar-refractivity contribution in [3.05, 3.63) is 98.6 Å². The van der Waals surface area contributed by atoms with Gasteiger partial charge in [0.2, 0.25) is 0 Å². The zero-order chi connectivity index (χ0) is 20.1. The van der Waals surface area contributed by atoms with Crippen molar-refractivity contribution in [3.63, 3.8) is 0 Å². The quantitative estimate of drug-likeness (QED) is 0.238. The van der Waals surface area contributed by atoms with Crippen LogP contribution in [0.25, 0.3) is 0 Å². The van der Waals surface area contributed by atoms with Gasteiger partial charge in [0.1, 0.15) is 0 Å². The molecule has 0 saturated heterocycles. The summed E-state index contributed by atoms with van der Waals surface area (Å²) in [5.41, 5.74) is 1.18. The van der Waals surface area contributed by atoms with Crippen molar-refractivity contribution in [2.45, 2.75) is 21.7 Å². The van der Waals surface area contributed by atoms with Crippen molar-refractivity contribution in [3.8, 4) is 0 Å². The minimum absolute atomic E-state index is 0. The first-order chi connectivity index (χ1) is 12.9. The average Bonchev–Trinajstić information content (AvgIpc) is 3.35. The Balaban J connectivity index is 0.000000605. The predicted octanol–water partition coefficient (Wildman–Crippen LogP) is 4.62. The Kier molecular flexibility index (Phi) is 16.7. The summed E-state index contributed by atoms with van der Waals surface area (Å²) in [6.07, 6.45) is 17.7. The van der Waals surface area contributed by atoms with Gasteiger partial charge in [-0.05, 0) is 82.4 Å². The van der Waals surface area contributed by atoms with E-state index in [2.05, 4.69) is 25.0 Å². The van der Waals surface area contributed by atoms with Gasteiger partial charge in [-0.1, -0.05) is 23.7 Å². The van der Waals surface area contributed by atoms with Crippen LogP contribution in [0.2, 0.25) is 19.8 Å². The second-order valence-corrected chi connectivity index (χ2v) is 15.2. The largest absolute Gasteiger partial charge is 2.00 e. The first-order valence-electron chi connectivity index (χ1n) is 8.61. The molecule has 1 aromatic rings. The van der Waals surface area contributed by atoms with Crippen LogP contribution in [0.3, 0.4) is 0 Å². The van der Waals surface area contributed by atoms with Crippen LogP contribution < -0.4 is 5.11 Å². The van der Waals surface area contributed by atoms with E-state index in [1.165, 1.54) is 0 Å². The summed E-state index contributed by atoms with van der Waals surface area (Å²) in [6, 6.07) is 6.55. The normalized spacial score (nSPS) is 17.0. The van der Waals surface area contributed by atoms with Gasteiger partial charge < -0.3 is 5.11 Å². The Hall–Kier alpha value is -0.0318. The Morgan fingerprint density at radius 1 is 0.821 bits per heavy atom. The van der Waals surface area contributed by atoms with E-state index in [0.29, 0.717) is 16.3 Å². The number of rotatable bonds is 3. The molecule has 0 amide bonds. The summed E-state index contributed by atoms with van der Waals surface area (Å²) < 4.78 is 0. The van der Waals surface area contributed by atoms with Crippen molar-refractivity contribution in [2.75, 3.05) is 0 Å². The zero-order valence-electron chi connectivity index (χ0n) is 16.5. The van der Waals surface area contributed by atoms with Gasteiger partial charge in [-0.25, -0.2) is 0 Å². The molecule has 2 fully saturated rings. The Morgan fingerprint density at radius 3 is 1.68 bits per heavy atom. The second kappa shape index (κ2) is 16.7. The van der Waals surface area contributed by atoms with Crippen LogP contribution in [-0.4, -0.2) is 31.4 Å². The summed E-state index contributed by atoms with van der Waals surface area (Å²) >= 11 is 5.20. The molecule has 1 aromatic carbocycles. The summed E-state index contributed by atoms with van der Waals surface area (Å²) in [5, 5.41) is 19.9. The van der Waals surface area contributed by atoms with Gasteiger partial charge in [-0.3, -0.25) is 0 Å². The molecule has 0 spiro atoms. The molecule has 6 heteroatoms. The maximum atomic E-state index is 11.7. The van der Waals surface area contributed by atoms with Gasteiger partial charge in [-0.2, -0.15) is 10.2 Å². The first-order valence-corrected chi connectivity index (χ1v) is 17.5. The van der Waals surface area contributed by atoms with Crippen molar-refractivity contribution in [1.29, 1.82) is 0 Å². The second-order valence-electron chi connectivity index (χ2n) is 6.23. The fourth-order valence-corrected chi connectivity index (χ4v) is 1.89. The SMILES string of the molecule is C/C(=N/N=C(\[O-])c1ccc(Cl)cc1)[C]1[CH][CH][CH][CH]1.[CH3][Sn+]([CH3])[CH3].[CH]1[CH][CH][CH][CH]1.[Fe+2]. The fourth-order valence-electron chi connectivity index (χ4n) is 1.76. The number of hydrogen-bond acceptors (Lipinski definition) is 3. The van der Waals surface area contributed by atoms with Gasteiger partial charge in [-0.15, -0.1) is 0 Å². The summed E-state index contributed by atoms with van der Waals surface area (Å²) in [7, 11) is 0. The predicted molar refractivity (Wildman–Crippen MR) is 116 cm³/mol. The molecular weight excluding hydrogens is 518 g/mol. The van der Waals surface area contributed by atoms with Crippen LogP contribution in [0.1, 0.15) is 12.5 Å². The van der Waals surface area contributed by atoms with Crippen LogP contribution in [0.4, 0.5) is 0 Å². The van der Waals surface area contributed by atoms with Crippen molar-refractivity contribution >= 4 is 43.0 Å². The van der Waals surface area contributed by atoms with E-state index < -0.39 is 19.8 Å². The fraction of sp³-hybridized carbons (Fsp3) is 0.182. The van der Waals surface area contributed by atoms with E-state index in [4.69, 9.17) is 11.6 Å². The van der Waals surface area contributed by atoms with Crippen LogP contribution in [0, 0.1) is 63.7 Å². The molecular formula is C22H25ClFeN2OSn+2. The Labute approximate surface area is 194 Å². The topological polar surface area (TPSA) is 47.8 Å². The van der Waals surface area contributed by atoms with E-state index in [9.17, 15) is 5.11 Å². The third kappa shape index (κ3) is 13.2. The summed E-state index contributed by atoms with van der Waals surface area (Å²) in [4.78, 5) is 7.09. The number of halogens is 1. The zero-order valence-corrected chi connectivity index (χ0v) is 21.3. The molecule has 0 unspecified atom stereocenters.